The van der Waals surface area contributed by atoms with Gasteiger partial charge in [-0.15, -0.1) is 11.3 Å². The van der Waals surface area contributed by atoms with Crippen LogP contribution in [0.5, 0.6) is 0 Å². The summed E-state index contributed by atoms with van der Waals surface area (Å²) in [5, 5.41) is 3.62. The molecule has 3 heterocycles. The highest BCUT2D eigenvalue weighted by Crippen LogP contribution is 2.37. The lowest BCUT2D eigenvalue weighted by molar-refractivity contribution is 0.285. The summed E-state index contributed by atoms with van der Waals surface area (Å²) in [5.74, 6) is 2.27. The number of hydrogen-bond donors (Lipinski definition) is 1. The highest BCUT2D eigenvalue weighted by molar-refractivity contribution is 7.13. The SMILES string of the molecule is C=C(NCc1ccc(-c2scnc2C)cc1)C1CC(C)CN1C(=C)C(C1=CC=NC1)C(C)C.CC(C)C. The minimum Gasteiger partial charge on any atom is -0.383 e. The van der Waals surface area contributed by atoms with Crippen LogP contribution < -0.4 is 5.32 Å². The van der Waals surface area contributed by atoms with Crippen molar-refractivity contribution in [3.8, 4) is 10.4 Å². The van der Waals surface area contributed by atoms with Gasteiger partial charge in [-0.1, -0.05) is 79.0 Å². The summed E-state index contributed by atoms with van der Waals surface area (Å²) >= 11 is 1.69. The van der Waals surface area contributed by atoms with E-state index in [1.807, 2.05) is 11.7 Å². The third-order valence-electron chi connectivity index (χ3n) is 6.86. The van der Waals surface area contributed by atoms with E-state index in [2.05, 4.69) is 112 Å². The van der Waals surface area contributed by atoms with Crippen molar-refractivity contribution in [1.82, 2.24) is 15.2 Å². The maximum absolute atomic E-state index is 4.59. The quantitative estimate of drug-likeness (QED) is 0.367. The first-order valence-corrected chi connectivity index (χ1v) is 14.5. The van der Waals surface area contributed by atoms with E-state index in [0.717, 1.165) is 43.4 Å². The predicted molar refractivity (Wildman–Crippen MR) is 162 cm³/mol. The van der Waals surface area contributed by atoms with E-state index in [-0.39, 0.29) is 6.04 Å². The minimum atomic E-state index is 0.274. The molecular formula is C32H46N4S. The second-order valence-electron chi connectivity index (χ2n) is 11.5. The number of rotatable bonds is 9. The van der Waals surface area contributed by atoms with Crippen LogP contribution in [0.3, 0.4) is 0 Å². The lowest BCUT2D eigenvalue weighted by atomic mass is 9.85. The Kier molecular flexibility index (Phi) is 10.3. The van der Waals surface area contributed by atoms with Gasteiger partial charge in [-0.3, -0.25) is 4.99 Å². The van der Waals surface area contributed by atoms with Crippen LogP contribution in [-0.4, -0.2) is 35.2 Å². The zero-order chi connectivity index (χ0) is 27.1. The normalized spacial score (nSPS) is 19.6. The molecule has 2 aliphatic heterocycles. The molecule has 1 fully saturated rings. The van der Waals surface area contributed by atoms with Gasteiger partial charge < -0.3 is 10.2 Å². The van der Waals surface area contributed by atoms with Crippen LogP contribution in [0.15, 0.2) is 71.0 Å². The number of nitrogens with one attached hydrogen (secondary N) is 1. The van der Waals surface area contributed by atoms with Crippen molar-refractivity contribution in [2.24, 2.45) is 28.7 Å². The summed E-state index contributed by atoms with van der Waals surface area (Å²) in [6, 6.07) is 9.05. The van der Waals surface area contributed by atoms with Crippen LogP contribution in [0.1, 0.15) is 59.2 Å². The topological polar surface area (TPSA) is 40.5 Å². The lowest BCUT2D eigenvalue weighted by Gasteiger charge is -2.36. The highest BCUT2D eigenvalue weighted by Gasteiger charge is 2.36. The Labute approximate surface area is 229 Å². The van der Waals surface area contributed by atoms with Crippen LogP contribution in [0.2, 0.25) is 0 Å². The molecule has 1 saturated heterocycles. The van der Waals surface area contributed by atoms with E-state index in [1.54, 1.807) is 11.3 Å². The predicted octanol–water partition coefficient (Wildman–Crippen LogP) is 7.89. The second-order valence-corrected chi connectivity index (χ2v) is 12.4. The Morgan fingerprint density at radius 1 is 1.14 bits per heavy atom. The molecule has 0 saturated carbocycles. The maximum atomic E-state index is 4.59. The molecule has 4 rings (SSSR count). The summed E-state index contributed by atoms with van der Waals surface area (Å²) < 4.78 is 0. The number of hydrogen-bond acceptors (Lipinski definition) is 5. The number of allylic oxidation sites excluding steroid dienone is 2. The summed E-state index contributed by atoms with van der Waals surface area (Å²) in [6.45, 7) is 27.1. The molecule has 0 spiro atoms. The molecule has 0 amide bonds. The van der Waals surface area contributed by atoms with E-state index in [1.165, 1.54) is 27.3 Å². The van der Waals surface area contributed by atoms with Crippen molar-refractivity contribution < 1.29 is 0 Å². The number of likely N-dealkylation sites (tertiary alicyclic amines) is 1. The van der Waals surface area contributed by atoms with E-state index in [0.29, 0.717) is 17.8 Å². The van der Waals surface area contributed by atoms with Crippen molar-refractivity contribution in [2.75, 3.05) is 13.1 Å². The van der Waals surface area contributed by atoms with E-state index < -0.39 is 0 Å². The number of aryl methyl sites for hydroxylation is 1. The molecule has 1 aromatic heterocycles. The fraction of sp³-hybridized carbons (Fsp3) is 0.500. The summed E-state index contributed by atoms with van der Waals surface area (Å²) in [7, 11) is 0. The van der Waals surface area contributed by atoms with Gasteiger partial charge in [0.15, 0.2) is 0 Å². The van der Waals surface area contributed by atoms with Gasteiger partial charge >= 0.3 is 0 Å². The van der Waals surface area contributed by atoms with Crippen LogP contribution in [0.4, 0.5) is 0 Å². The smallest absolute Gasteiger partial charge is 0.0801 e. The standard InChI is InChI=1S/C28H36N4S.C4H10/c1-18(2)27(25-11-12-29-15-25)22(6)32-16-19(3)13-26(32)20(4)30-14-23-7-9-24(10-8-23)28-21(5)31-17-33-28;1-4(2)3/h7-12,17-19,26-27,30H,4,6,13-16H2,1-3,5H3;4H,1-3H3. The third kappa shape index (κ3) is 7.67. The molecule has 0 aliphatic carbocycles. The number of thiazole rings is 1. The minimum absolute atomic E-state index is 0.274. The van der Waals surface area contributed by atoms with Crippen LogP contribution in [-0.2, 0) is 6.54 Å². The number of benzene rings is 1. The van der Waals surface area contributed by atoms with Crippen molar-refractivity contribution in [2.45, 2.75) is 67.5 Å². The third-order valence-corrected chi connectivity index (χ3v) is 7.83. The van der Waals surface area contributed by atoms with E-state index >= 15 is 0 Å². The molecule has 37 heavy (non-hydrogen) atoms. The van der Waals surface area contributed by atoms with Crippen LogP contribution in [0.25, 0.3) is 10.4 Å². The molecule has 2 aromatic rings. The van der Waals surface area contributed by atoms with Gasteiger partial charge in [0.1, 0.15) is 0 Å². The Hall–Kier alpha value is -2.66. The van der Waals surface area contributed by atoms with Gasteiger partial charge in [0.25, 0.3) is 0 Å². The van der Waals surface area contributed by atoms with Crippen molar-refractivity contribution >= 4 is 17.6 Å². The van der Waals surface area contributed by atoms with Crippen molar-refractivity contribution in [3.63, 3.8) is 0 Å². The molecule has 5 heteroatoms. The first-order valence-electron chi connectivity index (χ1n) is 13.6. The molecule has 0 bridgehead atoms. The largest absolute Gasteiger partial charge is 0.383 e. The maximum Gasteiger partial charge on any atom is 0.0801 e. The molecule has 2 aliphatic rings. The van der Waals surface area contributed by atoms with Gasteiger partial charge in [0.2, 0.25) is 0 Å². The van der Waals surface area contributed by atoms with Gasteiger partial charge in [-0.25, -0.2) is 4.98 Å². The average Bonchev–Trinajstić information content (AvgIpc) is 3.59. The molecule has 4 nitrogen and oxygen atoms in total. The zero-order valence-corrected chi connectivity index (χ0v) is 24.7. The van der Waals surface area contributed by atoms with Gasteiger partial charge in [-0.05, 0) is 53.9 Å². The Morgan fingerprint density at radius 2 is 1.81 bits per heavy atom. The zero-order valence-electron chi connectivity index (χ0n) is 23.9. The van der Waals surface area contributed by atoms with Gasteiger partial charge in [-0.2, -0.15) is 0 Å². The molecule has 0 radical (unpaired) electrons. The summed E-state index contributed by atoms with van der Waals surface area (Å²) in [5.41, 5.74) is 9.16. The van der Waals surface area contributed by atoms with E-state index in [9.17, 15) is 0 Å². The average molecular weight is 519 g/mol. The van der Waals surface area contributed by atoms with Crippen LogP contribution in [0, 0.1) is 30.6 Å². The summed E-state index contributed by atoms with van der Waals surface area (Å²) in [4.78, 5) is 12.5. The molecule has 1 aromatic carbocycles. The van der Waals surface area contributed by atoms with Crippen molar-refractivity contribution in [3.05, 3.63) is 77.2 Å². The Morgan fingerprint density at radius 3 is 2.35 bits per heavy atom. The first-order chi connectivity index (χ1) is 17.6. The molecule has 1 N–H and O–H groups in total. The van der Waals surface area contributed by atoms with Crippen molar-refractivity contribution in [1.29, 1.82) is 0 Å². The molecular weight excluding hydrogens is 472 g/mol. The van der Waals surface area contributed by atoms with Gasteiger partial charge in [0.05, 0.1) is 28.7 Å². The fourth-order valence-corrected chi connectivity index (χ4v) is 5.96. The molecule has 3 atom stereocenters. The van der Waals surface area contributed by atoms with Crippen LogP contribution >= 0.6 is 11.3 Å². The molecule has 3 unspecified atom stereocenters. The lowest BCUT2D eigenvalue weighted by Crippen LogP contribution is -2.38. The van der Waals surface area contributed by atoms with Gasteiger partial charge in [0, 0.05) is 36.6 Å². The number of aliphatic imine (C=N–C) groups is 1. The fourth-order valence-electron chi connectivity index (χ4n) is 5.15. The Balaban J connectivity index is 0.000000886. The monoisotopic (exact) mass is 518 g/mol. The molecule has 200 valence electrons. The number of nitrogens with zero attached hydrogens (tertiary/aromatic N) is 3. The number of aromatic nitrogens is 1. The second kappa shape index (κ2) is 13.2. The highest BCUT2D eigenvalue weighted by atomic mass is 32.1. The summed E-state index contributed by atoms with van der Waals surface area (Å²) in [6.07, 6.45) is 5.22. The van der Waals surface area contributed by atoms with E-state index in [4.69, 9.17) is 0 Å². The Bertz CT molecular complexity index is 1100. The first kappa shape index (κ1) is 28.9.